The molecule has 0 amide bonds. The summed E-state index contributed by atoms with van der Waals surface area (Å²) in [5.74, 6) is 0. The molecular formula is C9H20N2. The first-order valence-electron chi connectivity index (χ1n) is 4.71. The molecule has 1 rings (SSSR count). The highest BCUT2D eigenvalue weighted by Gasteiger charge is 2.23. The molecule has 1 aliphatic rings. The zero-order valence-electron chi connectivity index (χ0n) is 7.71. The first-order chi connectivity index (χ1) is 5.25. The first-order valence-corrected chi connectivity index (χ1v) is 4.71. The van der Waals surface area contributed by atoms with Crippen molar-refractivity contribution in [1.29, 1.82) is 0 Å². The van der Waals surface area contributed by atoms with Gasteiger partial charge in [0.05, 0.1) is 0 Å². The fraction of sp³-hybridized carbons (Fsp3) is 1.00. The van der Waals surface area contributed by atoms with Crippen LogP contribution >= 0.6 is 0 Å². The van der Waals surface area contributed by atoms with E-state index >= 15 is 0 Å². The second kappa shape index (κ2) is 4.07. The van der Waals surface area contributed by atoms with Gasteiger partial charge in [-0.1, -0.05) is 19.8 Å². The summed E-state index contributed by atoms with van der Waals surface area (Å²) in [6, 6.07) is 1.07. The van der Waals surface area contributed by atoms with Crippen molar-refractivity contribution in [2.24, 2.45) is 5.73 Å². The van der Waals surface area contributed by atoms with E-state index in [1.807, 2.05) is 0 Å². The summed E-state index contributed by atoms with van der Waals surface area (Å²) < 4.78 is 0. The lowest BCUT2D eigenvalue weighted by Gasteiger charge is -2.35. The summed E-state index contributed by atoms with van der Waals surface area (Å²) in [5.41, 5.74) is 6.01. The van der Waals surface area contributed by atoms with Crippen LogP contribution in [0.2, 0.25) is 0 Å². The van der Waals surface area contributed by atoms with E-state index in [2.05, 4.69) is 18.9 Å². The van der Waals surface area contributed by atoms with Gasteiger partial charge in [0, 0.05) is 12.1 Å². The molecule has 0 aromatic heterocycles. The molecule has 2 heteroatoms. The van der Waals surface area contributed by atoms with E-state index in [4.69, 9.17) is 5.73 Å². The van der Waals surface area contributed by atoms with Crippen LogP contribution in [0, 0.1) is 0 Å². The molecule has 0 bridgehead atoms. The summed E-state index contributed by atoms with van der Waals surface area (Å²) in [6.45, 7) is 3.32. The lowest BCUT2D eigenvalue weighted by molar-refractivity contribution is 0.176. The molecule has 0 spiro atoms. The molecule has 0 radical (unpaired) electrons. The van der Waals surface area contributed by atoms with Crippen LogP contribution in [0.3, 0.4) is 0 Å². The number of likely N-dealkylation sites (N-methyl/N-ethyl adjacent to an activating group) is 1. The molecule has 2 atom stereocenters. The fourth-order valence-electron chi connectivity index (χ4n) is 1.92. The van der Waals surface area contributed by atoms with Gasteiger partial charge in [0.25, 0.3) is 0 Å². The Balaban J connectivity index is 2.40. The van der Waals surface area contributed by atoms with Crippen LogP contribution in [0.15, 0.2) is 0 Å². The Kier molecular flexibility index (Phi) is 3.34. The van der Waals surface area contributed by atoms with Gasteiger partial charge in [0.1, 0.15) is 0 Å². The minimum Gasteiger partial charge on any atom is -0.326 e. The molecule has 66 valence electrons. The minimum absolute atomic E-state index is 0.425. The molecule has 0 saturated heterocycles. The van der Waals surface area contributed by atoms with Crippen LogP contribution in [0.25, 0.3) is 0 Å². The second-order valence-corrected chi connectivity index (χ2v) is 3.59. The highest BCUT2D eigenvalue weighted by Crippen LogP contribution is 2.20. The molecule has 0 unspecified atom stereocenters. The molecule has 11 heavy (non-hydrogen) atoms. The fourth-order valence-corrected chi connectivity index (χ4v) is 1.92. The molecule has 0 heterocycles. The van der Waals surface area contributed by atoms with Gasteiger partial charge < -0.3 is 10.6 Å². The average Bonchev–Trinajstić information content (AvgIpc) is 2.04. The van der Waals surface area contributed by atoms with Crippen molar-refractivity contribution in [1.82, 2.24) is 4.90 Å². The minimum atomic E-state index is 0.425. The normalized spacial score (nSPS) is 32.7. The third kappa shape index (κ3) is 2.17. The lowest BCUT2D eigenvalue weighted by Crippen LogP contribution is -2.47. The third-order valence-corrected chi connectivity index (χ3v) is 2.85. The topological polar surface area (TPSA) is 29.3 Å². The molecule has 0 aliphatic heterocycles. The Morgan fingerprint density at radius 1 is 1.36 bits per heavy atom. The van der Waals surface area contributed by atoms with Gasteiger partial charge in [0.15, 0.2) is 0 Å². The maximum atomic E-state index is 6.01. The van der Waals surface area contributed by atoms with E-state index < -0.39 is 0 Å². The van der Waals surface area contributed by atoms with Crippen LogP contribution in [0.4, 0.5) is 0 Å². The molecule has 1 saturated carbocycles. The largest absolute Gasteiger partial charge is 0.326 e. The number of rotatable bonds is 2. The summed E-state index contributed by atoms with van der Waals surface area (Å²) in [4.78, 5) is 2.38. The van der Waals surface area contributed by atoms with E-state index in [0.717, 1.165) is 6.54 Å². The molecule has 0 aromatic rings. The summed E-state index contributed by atoms with van der Waals surface area (Å²) in [5, 5.41) is 0. The van der Waals surface area contributed by atoms with Crippen LogP contribution in [0.1, 0.15) is 32.6 Å². The first kappa shape index (κ1) is 9.01. The molecule has 2 nitrogen and oxygen atoms in total. The van der Waals surface area contributed by atoms with Crippen molar-refractivity contribution in [2.75, 3.05) is 13.6 Å². The quantitative estimate of drug-likeness (QED) is 0.651. The van der Waals surface area contributed by atoms with Crippen LogP contribution < -0.4 is 5.73 Å². The van der Waals surface area contributed by atoms with E-state index in [1.165, 1.54) is 25.7 Å². The van der Waals surface area contributed by atoms with Gasteiger partial charge in [-0.25, -0.2) is 0 Å². The van der Waals surface area contributed by atoms with E-state index in [-0.39, 0.29) is 0 Å². The number of hydrogen-bond donors (Lipinski definition) is 1. The van der Waals surface area contributed by atoms with Gasteiger partial charge in [-0.05, 0) is 26.4 Å². The lowest BCUT2D eigenvalue weighted by atomic mass is 9.90. The molecule has 2 N–H and O–H groups in total. The van der Waals surface area contributed by atoms with Crippen molar-refractivity contribution in [3.63, 3.8) is 0 Å². The number of hydrogen-bond acceptors (Lipinski definition) is 2. The van der Waals surface area contributed by atoms with Crippen molar-refractivity contribution in [3.05, 3.63) is 0 Å². The second-order valence-electron chi connectivity index (χ2n) is 3.59. The highest BCUT2D eigenvalue weighted by molar-refractivity contribution is 4.83. The zero-order chi connectivity index (χ0) is 8.27. The SMILES string of the molecule is CCN(C)[C@@H]1CCCC[C@H]1N. The van der Waals surface area contributed by atoms with Crippen LogP contribution in [-0.2, 0) is 0 Å². The maximum Gasteiger partial charge on any atom is 0.0244 e. The Hall–Kier alpha value is -0.0800. The standard InChI is InChI=1S/C9H20N2/c1-3-11(2)9-7-5-4-6-8(9)10/h8-9H,3-7,10H2,1-2H3/t8-,9-/m1/s1. The van der Waals surface area contributed by atoms with Gasteiger partial charge >= 0.3 is 0 Å². The molecule has 1 fully saturated rings. The summed E-state index contributed by atoms with van der Waals surface area (Å²) >= 11 is 0. The Bertz CT molecular complexity index is 110. The van der Waals surface area contributed by atoms with Gasteiger partial charge in [-0.15, -0.1) is 0 Å². The summed E-state index contributed by atoms with van der Waals surface area (Å²) in [7, 11) is 2.18. The number of nitrogens with zero attached hydrogens (tertiary/aromatic N) is 1. The van der Waals surface area contributed by atoms with Gasteiger partial charge in [-0.3, -0.25) is 0 Å². The Morgan fingerprint density at radius 2 is 2.00 bits per heavy atom. The predicted octanol–water partition coefficient (Wildman–Crippen LogP) is 1.21. The Labute approximate surface area is 69.8 Å². The molecule has 0 aromatic carbocycles. The van der Waals surface area contributed by atoms with E-state index in [0.29, 0.717) is 12.1 Å². The van der Waals surface area contributed by atoms with E-state index in [1.54, 1.807) is 0 Å². The Morgan fingerprint density at radius 3 is 2.55 bits per heavy atom. The van der Waals surface area contributed by atoms with Gasteiger partial charge in [-0.2, -0.15) is 0 Å². The average molecular weight is 156 g/mol. The van der Waals surface area contributed by atoms with Crippen LogP contribution in [-0.4, -0.2) is 30.6 Å². The summed E-state index contributed by atoms with van der Waals surface area (Å²) in [6.07, 6.45) is 5.21. The highest BCUT2D eigenvalue weighted by atomic mass is 15.1. The van der Waals surface area contributed by atoms with Crippen molar-refractivity contribution >= 4 is 0 Å². The van der Waals surface area contributed by atoms with Crippen molar-refractivity contribution in [2.45, 2.75) is 44.7 Å². The zero-order valence-corrected chi connectivity index (χ0v) is 7.71. The van der Waals surface area contributed by atoms with Crippen LogP contribution in [0.5, 0.6) is 0 Å². The van der Waals surface area contributed by atoms with Crippen molar-refractivity contribution < 1.29 is 0 Å². The van der Waals surface area contributed by atoms with E-state index in [9.17, 15) is 0 Å². The van der Waals surface area contributed by atoms with Crippen molar-refractivity contribution in [3.8, 4) is 0 Å². The monoisotopic (exact) mass is 156 g/mol. The smallest absolute Gasteiger partial charge is 0.0244 e. The number of nitrogens with two attached hydrogens (primary N) is 1. The van der Waals surface area contributed by atoms with Gasteiger partial charge in [0.2, 0.25) is 0 Å². The molecule has 1 aliphatic carbocycles. The molecular weight excluding hydrogens is 136 g/mol. The third-order valence-electron chi connectivity index (χ3n) is 2.85. The maximum absolute atomic E-state index is 6.01. The predicted molar refractivity (Wildman–Crippen MR) is 48.5 cm³/mol.